The molecule has 3 saturated heterocycles. The van der Waals surface area contributed by atoms with Crippen LogP contribution in [0.25, 0.3) is 0 Å². The summed E-state index contributed by atoms with van der Waals surface area (Å²) in [5.41, 5.74) is 0.508. The number of fused-ring (bicyclic) bond motifs is 7. The van der Waals surface area contributed by atoms with Crippen molar-refractivity contribution in [2.45, 2.75) is 177 Å². The molecule has 0 spiro atoms. The predicted molar refractivity (Wildman–Crippen MR) is 192 cm³/mol. The number of likely N-dealkylation sites (tertiary alicyclic amines) is 1. The second-order valence-electron chi connectivity index (χ2n) is 19.5. The second-order valence-corrected chi connectivity index (χ2v) is 22.0. The minimum absolute atomic E-state index is 0.0652. The van der Waals surface area contributed by atoms with Crippen LogP contribution in [-0.4, -0.2) is 67.6 Å². The van der Waals surface area contributed by atoms with E-state index in [1.807, 2.05) is 0 Å². The van der Waals surface area contributed by atoms with E-state index in [4.69, 9.17) is 0 Å². The molecule has 0 aromatic rings. The quantitative estimate of drug-likeness (QED) is 0.324. The zero-order chi connectivity index (χ0) is 31.9. The van der Waals surface area contributed by atoms with Gasteiger partial charge in [-0.2, -0.15) is 0 Å². The van der Waals surface area contributed by atoms with Crippen LogP contribution in [0.3, 0.4) is 0 Å². The highest BCUT2D eigenvalue weighted by Gasteiger charge is 2.63. The summed E-state index contributed by atoms with van der Waals surface area (Å²) in [5, 5.41) is 7.34. The maximum Gasteiger partial charge on any atom is 0.156 e. The molecule has 6 aliphatic carbocycles. The van der Waals surface area contributed by atoms with Crippen LogP contribution in [0, 0.1) is 58.7 Å². The molecule has 9 fully saturated rings. The monoisotopic (exact) mass is 668 g/mol. The second kappa shape index (κ2) is 12.8. The molecular weight excluding hydrogens is 599 g/mol. The summed E-state index contributed by atoms with van der Waals surface area (Å²) in [6.07, 6.45) is 25.5. The molecule has 0 aromatic carbocycles. The van der Waals surface area contributed by atoms with E-state index in [0.717, 1.165) is 136 Å². The third kappa shape index (κ3) is 5.47. The molecule has 5 nitrogen and oxygen atoms in total. The van der Waals surface area contributed by atoms with E-state index < -0.39 is 9.84 Å². The van der Waals surface area contributed by atoms with E-state index >= 15 is 0 Å². The molecule has 3 heterocycles. The van der Waals surface area contributed by atoms with Crippen LogP contribution in [0.5, 0.6) is 0 Å². The average Bonchev–Trinajstić information content (AvgIpc) is 3.55. The SMILES string of the molecule is CC1(C)C2CCCCC2C2CC3C4CCCCC4N(C4CCC(S(=O)(=O)C5CCC(C6CCNC7CCNCC76)CC5)CC4)C3CC21. The number of nitrogens with one attached hydrogen (secondary N) is 2. The van der Waals surface area contributed by atoms with Crippen molar-refractivity contribution in [3.63, 3.8) is 0 Å². The summed E-state index contributed by atoms with van der Waals surface area (Å²) in [6.45, 7) is 8.81. The van der Waals surface area contributed by atoms with Gasteiger partial charge in [0.05, 0.1) is 10.5 Å². The van der Waals surface area contributed by atoms with Crippen molar-refractivity contribution in [3.8, 4) is 0 Å². The maximum atomic E-state index is 14.2. The molecule has 6 heteroatoms. The molecule has 0 bridgehead atoms. The van der Waals surface area contributed by atoms with Crippen molar-refractivity contribution in [1.82, 2.24) is 15.5 Å². The van der Waals surface area contributed by atoms with Crippen molar-refractivity contribution < 1.29 is 8.42 Å². The van der Waals surface area contributed by atoms with Gasteiger partial charge in [-0.1, -0.05) is 39.5 Å². The van der Waals surface area contributed by atoms with Crippen LogP contribution in [-0.2, 0) is 9.84 Å². The normalized spacial score (nSPS) is 51.7. The Bertz CT molecular complexity index is 1220. The molecule has 9 rings (SSSR count). The summed E-state index contributed by atoms with van der Waals surface area (Å²) >= 11 is 0. The molecule has 11 unspecified atom stereocenters. The van der Waals surface area contributed by atoms with Gasteiger partial charge in [-0.05, 0) is 181 Å². The minimum Gasteiger partial charge on any atom is -0.316 e. The summed E-state index contributed by atoms with van der Waals surface area (Å²) in [6, 6.07) is 2.90. The molecule has 47 heavy (non-hydrogen) atoms. The lowest BCUT2D eigenvalue weighted by Crippen LogP contribution is -2.56. The summed E-state index contributed by atoms with van der Waals surface area (Å²) in [7, 11) is -3.04. The van der Waals surface area contributed by atoms with Crippen LogP contribution in [0.15, 0.2) is 0 Å². The summed E-state index contributed by atoms with van der Waals surface area (Å²) in [5.74, 6) is 8.01. The lowest BCUT2D eigenvalue weighted by atomic mass is 9.63. The van der Waals surface area contributed by atoms with Crippen molar-refractivity contribution in [1.29, 1.82) is 0 Å². The van der Waals surface area contributed by atoms with E-state index in [1.165, 1.54) is 77.0 Å². The lowest BCUT2D eigenvalue weighted by molar-refractivity contribution is 0.0215. The van der Waals surface area contributed by atoms with Gasteiger partial charge < -0.3 is 10.6 Å². The van der Waals surface area contributed by atoms with E-state index in [2.05, 4.69) is 29.4 Å². The highest BCUT2D eigenvalue weighted by Crippen LogP contribution is 2.66. The van der Waals surface area contributed by atoms with E-state index in [1.54, 1.807) is 0 Å². The summed E-state index contributed by atoms with van der Waals surface area (Å²) in [4.78, 5) is 3.14. The maximum absolute atomic E-state index is 14.2. The molecule has 9 aliphatic rings. The van der Waals surface area contributed by atoms with Gasteiger partial charge in [0.2, 0.25) is 0 Å². The van der Waals surface area contributed by atoms with Crippen LogP contribution in [0.4, 0.5) is 0 Å². The Morgan fingerprint density at radius 1 is 0.574 bits per heavy atom. The fourth-order valence-corrected chi connectivity index (χ4v) is 18.1. The Labute approximate surface area is 288 Å². The molecule has 0 radical (unpaired) electrons. The van der Waals surface area contributed by atoms with E-state index in [-0.39, 0.29) is 10.5 Å². The molecule has 11 atom stereocenters. The zero-order valence-corrected chi connectivity index (χ0v) is 30.9. The van der Waals surface area contributed by atoms with Gasteiger partial charge >= 0.3 is 0 Å². The number of hydrogen-bond donors (Lipinski definition) is 2. The Morgan fingerprint density at radius 3 is 2.06 bits per heavy atom. The van der Waals surface area contributed by atoms with Gasteiger partial charge in [-0.15, -0.1) is 0 Å². The Kier molecular flexibility index (Phi) is 8.91. The standard InChI is InChI=1S/C41H69N3O2S/c1-41(2)36-9-5-3-7-31(36)33-23-34-32-8-4-6-10-39(32)44(40(34)24-37(33)41)27-13-17-29(18-14-27)47(45,46)28-15-11-26(12-16-28)30-19-22-43-38-20-21-42-25-35(30)38/h26-40,42-43H,3-25H2,1-2H3. The highest BCUT2D eigenvalue weighted by atomic mass is 32.2. The first-order valence-electron chi connectivity index (χ1n) is 21.3. The number of hydrogen-bond acceptors (Lipinski definition) is 5. The number of piperidine rings is 2. The highest BCUT2D eigenvalue weighted by molar-refractivity contribution is 7.92. The predicted octanol–water partition coefficient (Wildman–Crippen LogP) is 7.59. The average molecular weight is 668 g/mol. The fourth-order valence-electron chi connectivity index (χ4n) is 15.7. The van der Waals surface area contributed by atoms with Crippen molar-refractivity contribution in [3.05, 3.63) is 0 Å². The molecular formula is C41H69N3O2S. The Hall–Kier alpha value is -0.170. The van der Waals surface area contributed by atoms with Crippen molar-refractivity contribution in [2.75, 3.05) is 19.6 Å². The number of nitrogens with zero attached hydrogens (tertiary/aromatic N) is 1. The van der Waals surface area contributed by atoms with Crippen molar-refractivity contribution in [2.24, 2.45) is 58.7 Å². The zero-order valence-electron chi connectivity index (χ0n) is 30.1. The molecule has 3 aliphatic heterocycles. The van der Waals surface area contributed by atoms with Crippen LogP contribution >= 0.6 is 0 Å². The third-order valence-electron chi connectivity index (χ3n) is 17.7. The van der Waals surface area contributed by atoms with Crippen LogP contribution in [0.1, 0.15) is 142 Å². The number of rotatable bonds is 4. The lowest BCUT2D eigenvalue weighted by Gasteiger charge is -2.48. The molecule has 0 aromatic heterocycles. The van der Waals surface area contributed by atoms with E-state index in [0.29, 0.717) is 17.5 Å². The van der Waals surface area contributed by atoms with Gasteiger partial charge in [-0.3, -0.25) is 4.90 Å². The number of sulfone groups is 1. The molecule has 0 amide bonds. The van der Waals surface area contributed by atoms with Gasteiger partial charge in [0.1, 0.15) is 0 Å². The molecule has 6 saturated carbocycles. The largest absolute Gasteiger partial charge is 0.316 e. The van der Waals surface area contributed by atoms with Gasteiger partial charge in [0.15, 0.2) is 9.84 Å². The van der Waals surface area contributed by atoms with Gasteiger partial charge in [0, 0.05) is 24.2 Å². The van der Waals surface area contributed by atoms with Crippen LogP contribution < -0.4 is 10.6 Å². The molecule has 2 N–H and O–H groups in total. The topological polar surface area (TPSA) is 61.4 Å². The van der Waals surface area contributed by atoms with E-state index in [9.17, 15) is 8.42 Å². The van der Waals surface area contributed by atoms with Crippen molar-refractivity contribution >= 4 is 9.84 Å². The Balaban J connectivity index is 0.853. The summed E-state index contributed by atoms with van der Waals surface area (Å²) < 4.78 is 28.4. The smallest absolute Gasteiger partial charge is 0.156 e. The fraction of sp³-hybridized carbons (Fsp3) is 1.00. The van der Waals surface area contributed by atoms with Gasteiger partial charge in [-0.25, -0.2) is 8.42 Å². The molecule has 266 valence electrons. The first-order chi connectivity index (χ1) is 22.8. The minimum atomic E-state index is -3.04. The van der Waals surface area contributed by atoms with Gasteiger partial charge in [0.25, 0.3) is 0 Å². The Morgan fingerprint density at radius 2 is 1.28 bits per heavy atom. The third-order valence-corrected chi connectivity index (χ3v) is 20.5. The first-order valence-corrected chi connectivity index (χ1v) is 22.9. The first kappa shape index (κ1) is 32.7. The van der Waals surface area contributed by atoms with Crippen LogP contribution in [0.2, 0.25) is 0 Å².